The van der Waals surface area contributed by atoms with Crippen LogP contribution in [-0.4, -0.2) is 26.0 Å². The van der Waals surface area contributed by atoms with Gasteiger partial charge in [-0.15, -0.1) is 0 Å². The van der Waals surface area contributed by atoms with E-state index in [2.05, 4.69) is 26.6 Å². The first-order chi connectivity index (χ1) is 13.7. The molecule has 3 aromatic rings. The van der Waals surface area contributed by atoms with Crippen molar-refractivity contribution in [2.45, 2.75) is 38.3 Å². The zero-order chi connectivity index (χ0) is 19.1. The van der Waals surface area contributed by atoms with Gasteiger partial charge in [-0.05, 0) is 43.2 Å². The largest absolute Gasteiger partial charge is 0.320 e. The number of nitrogens with zero attached hydrogens (tertiary/aromatic N) is 4. The van der Waals surface area contributed by atoms with Crippen LogP contribution in [0.25, 0.3) is 5.69 Å². The Bertz CT molecular complexity index is 1130. The van der Waals surface area contributed by atoms with Crippen LogP contribution in [0, 0.1) is 11.3 Å². The minimum atomic E-state index is 0.0219. The highest BCUT2D eigenvalue weighted by Crippen LogP contribution is 2.37. The first-order valence-corrected chi connectivity index (χ1v) is 9.72. The van der Waals surface area contributed by atoms with Gasteiger partial charge in [0.1, 0.15) is 5.82 Å². The van der Waals surface area contributed by atoms with Crippen molar-refractivity contribution in [3.05, 3.63) is 81.3 Å². The summed E-state index contributed by atoms with van der Waals surface area (Å²) in [6.07, 6.45) is 5.10. The summed E-state index contributed by atoms with van der Waals surface area (Å²) in [4.78, 5) is 22.6. The number of aromatic nitrogens is 3. The molecular weight excluding hydrogens is 350 g/mol. The average Bonchev–Trinajstić information content (AvgIpc) is 3.47. The van der Waals surface area contributed by atoms with Gasteiger partial charge in [-0.1, -0.05) is 6.07 Å². The van der Waals surface area contributed by atoms with Gasteiger partial charge in [-0.3, -0.25) is 9.69 Å². The van der Waals surface area contributed by atoms with E-state index in [0.29, 0.717) is 18.0 Å². The number of aromatic amines is 1. The van der Waals surface area contributed by atoms with Crippen LogP contribution < -0.4 is 5.56 Å². The highest BCUT2D eigenvalue weighted by Gasteiger charge is 2.29. The first-order valence-electron chi connectivity index (χ1n) is 9.72. The second kappa shape index (κ2) is 6.77. The van der Waals surface area contributed by atoms with E-state index in [4.69, 9.17) is 10.2 Å². The summed E-state index contributed by atoms with van der Waals surface area (Å²) in [5.74, 6) is 1.34. The Labute approximate surface area is 163 Å². The van der Waals surface area contributed by atoms with E-state index in [1.807, 2.05) is 36.5 Å². The van der Waals surface area contributed by atoms with Crippen LogP contribution in [0.1, 0.15) is 47.1 Å². The van der Waals surface area contributed by atoms with Crippen LogP contribution in [-0.2, 0) is 19.5 Å². The Balaban J connectivity index is 1.38. The molecule has 1 aromatic carbocycles. The normalized spacial score (nSPS) is 16.5. The molecule has 140 valence electrons. The fourth-order valence-corrected chi connectivity index (χ4v) is 3.94. The SMILES string of the molecule is N#Cc1cccc(-n2cccc2CN2CCc3nc(C4CC4)[nH]c(=O)c3C2)c1. The molecule has 1 saturated carbocycles. The number of hydrogen-bond donors (Lipinski definition) is 1. The Morgan fingerprint density at radius 2 is 2.14 bits per heavy atom. The van der Waals surface area contributed by atoms with Crippen molar-refractivity contribution in [1.82, 2.24) is 19.4 Å². The van der Waals surface area contributed by atoms with E-state index < -0.39 is 0 Å². The predicted octanol–water partition coefficient (Wildman–Crippen LogP) is 2.87. The fourth-order valence-electron chi connectivity index (χ4n) is 3.94. The summed E-state index contributed by atoms with van der Waals surface area (Å²) in [5, 5.41) is 9.16. The molecule has 5 rings (SSSR count). The fraction of sp³-hybridized carbons (Fsp3) is 0.318. The topological polar surface area (TPSA) is 77.7 Å². The quantitative estimate of drug-likeness (QED) is 0.765. The van der Waals surface area contributed by atoms with Gasteiger partial charge in [0, 0.05) is 49.6 Å². The van der Waals surface area contributed by atoms with E-state index in [1.54, 1.807) is 0 Å². The van der Waals surface area contributed by atoms with Crippen molar-refractivity contribution < 1.29 is 0 Å². The van der Waals surface area contributed by atoms with Crippen LogP contribution >= 0.6 is 0 Å². The molecule has 2 aromatic heterocycles. The molecule has 2 aliphatic rings. The van der Waals surface area contributed by atoms with Crippen LogP contribution in [0.3, 0.4) is 0 Å². The van der Waals surface area contributed by atoms with Gasteiger partial charge in [0.15, 0.2) is 0 Å². The molecule has 0 unspecified atom stereocenters. The average molecular weight is 371 g/mol. The maximum Gasteiger partial charge on any atom is 0.255 e. The number of hydrogen-bond acceptors (Lipinski definition) is 4. The number of nitrogens with one attached hydrogen (secondary N) is 1. The number of nitriles is 1. The van der Waals surface area contributed by atoms with Gasteiger partial charge >= 0.3 is 0 Å². The highest BCUT2D eigenvalue weighted by atomic mass is 16.1. The first kappa shape index (κ1) is 17.0. The summed E-state index contributed by atoms with van der Waals surface area (Å²) in [6.45, 7) is 2.25. The molecule has 6 heteroatoms. The highest BCUT2D eigenvalue weighted by molar-refractivity contribution is 5.42. The zero-order valence-corrected chi connectivity index (χ0v) is 15.6. The van der Waals surface area contributed by atoms with Gasteiger partial charge in [0.05, 0.1) is 22.9 Å². The Morgan fingerprint density at radius 3 is 2.96 bits per heavy atom. The smallest absolute Gasteiger partial charge is 0.255 e. The lowest BCUT2D eigenvalue weighted by atomic mass is 10.1. The molecule has 1 fully saturated rings. The van der Waals surface area contributed by atoms with E-state index in [-0.39, 0.29) is 5.56 Å². The van der Waals surface area contributed by atoms with Crippen molar-refractivity contribution in [2.24, 2.45) is 0 Å². The summed E-state index contributed by atoms with van der Waals surface area (Å²) in [6, 6.07) is 13.9. The summed E-state index contributed by atoms with van der Waals surface area (Å²) in [7, 11) is 0. The minimum absolute atomic E-state index is 0.0219. The van der Waals surface area contributed by atoms with Crippen LogP contribution in [0.15, 0.2) is 47.4 Å². The van der Waals surface area contributed by atoms with E-state index >= 15 is 0 Å². The van der Waals surface area contributed by atoms with Gasteiger partial charge in [-0.25, -0.2) is 4.98 Å². The van der Waals surface area contributed by atoms with E-state index in [9.17, 15) is 4.79 Å². The summed E-state index contributed by atoms with van der Waals surface area (Å²) in [5.41, 5.74) is 4.56. The van der Waals surface area contributed by atoms with Gasteiger partial charge in [0.25, 0.3) is 5.56 Å². The molecule has 0 bridgehead atoms. The summed E-state index contributed by atoms with van der Waals surface area (Å²) < 4.78 is 2.11. The van der Waals surface area contributed by atoms with Crippen molar-refractivity contribution >= 4 is 0 Å². The second-order valence-corrected chi connectivity index (χ2v) is 7.64. The minimum Gasteiger partial charge on any atom is -0.320 e. The van der Waals surface area contributed by atoms with Crippen molar-refractivity contribution in [3.63, 3.8) is 0 Å². The number of fused-ring (bicyclic) bond motifs is 1. The van der Waals surface area contributed by atoms with Gasteiger partial charge < -0.3 is 9.55 Å². The second-order valence-electron chi connectivity index (χ2n) is 7.64. The monoisotopic (exact) mass is 371 g/mol. The molecule has 6 nitrogen and oxygen atoms in total. The molecule has 3 heterocycles. The lowest BCUT2D eigenvalue weighted by Crippen LogP contribution is -2.36. The molecule has 1 aliphatic carbocycles. The van der Waals surface area contributed by atoms with E-state index in [0.717, 1.165) is 60.8 Å². The molecule has 28 heavy (non-hydrogen) atoms. The molecule has 1 aliphatic heterocycles. The van der Waals surface area contributed by atoms with Crippen molar-refractivity contribution in [2.75, 3.05) is 6.54 Å². The van der Waals surface area contributed by atoms with Crippen molar-refractivity contribution in [1.29, 1.82) is 5.26 Å². The van der Waals surface area contributed by atoms with Crippen molar-refractivity contribution in [3.8, 4) is 11.8 Å². The molecule has 0 radical (unpaired) electrons. The zero-order valence-electron chi connectivity index (χ0n) is 15.6. The lowest BCUT2D eigenvalue weighted by molar-refractivity contribution is 0.237. The van der Waals surface area contributed by atoms with Crippen LogP contribution in [0.4, 0.5) is 0 Å². The molecule has 1 N–H and O–H groups in total. The van der Waals surface area contributed by atoms with E-state index in [1.165, 1.54) is 0 Å². The maximum absolute atomic E-state index is 12.6. The predicted molar refractivity (Wildman–Crippen MR) is 105 cm³/mol. The Morgan fingerprint density at radius 1 is 1.25 bits per heavy atom. The molecular formula is C22H21N5O. The van der Waals surface area contributed by atoms with Gasteiger partial charge in [-0.2, -0.15) is 5.26 Å². The Hall–Kier alpha value is -3.17. The molecule has 0 spiro atoms. The molecule has 0 saturated heterocycles. The van der Waals surface area contributed by atoms with Crippen LogP contribution in [0.5, 0.6) is 0 Å². The maximum atomic E-state index is 12.6. The standard InChI is InChI=1S/C22H21N5O/c23-12-15-3-1-4-17(11-15)27-9-2-5-18(27)13-26-10-8-20-19(14-26)22(28)25-21(24-20)16-6-7-16/h1-5,9,11,16H,6-8,10,13-14H2,(H,24,25,28). The summed E-state index contributed by atoms with van der Waals surface area (Å²) >= 11 is 0. The molecule has 0 atom stereocenters. The number of rotatable bonds is 4. The van der Waals surface area contributed by atoms with Crippen LogP contribution in [0.2, 0.25) is 0 Å². The number of H-pyrrole nitrogens is 1. The lowest BCUT2D eigenvalue weighted by Gasteiger charge is -2.28. The third-order valence-electron chi connectivity index (χ3n) is 5.60. The Kier molecular flexibility index (Phi) is 4.10. The third kappa shape index (κ3) is 3.14. The molecule has 0 amide bonds. The number of benzene rings is 1. The van der Waals surface area contributed by atoms with Gasteiger partial charge in [0.2, 0.25) is 0 Å². The third-order valence-corrected chi connectivity index (χ3v) is 5.60.